The maximum Gasteiger partial charge on any atom is 0.362 e. The van der Waals surface area contributed by atoms with Crippen molar-refractivity contribution in [3.05, 3.63) is 87.2 Å². The van der Waals surface area contributed by atoms with Gasteiger partial charge in [-0.2, -0.15) is 4.98 Å². The molecule has 0 bridgehead atoms. The number of nitrogens with zero attached hydrogens (tertiary/aromatic N) is 4. The lowest BCUT2D eigenvalue weighted by Gasteiger charge is -2.21. The van der Waals surface area contributed by atoms with Crippen LogP contribution < -0.4 is 22.3 Å². The van der Waals surface area contributed by atoms with E-state index in [-0.39, 0.29) is 28.4 Å². The molecule has 0 radical (unpaired) electrons. The molecule has 1 aliphatic heterocycles. The summed E-state index contributed by atoms with van der Waals surface area (Å²) >= 11 is 0. The highest BCUT2D eigenvalue weighted by Crippen LogP contribution is 2.38. The zero-order chi connectivity index (χ0) is 21.5. The van der Waals surface area contributed by atoms with E-state index in [4.69, 9.17) is 19.3 Å². The molecule has 4 aromatic rings. The van der Waals surface area contributed by atoms with Crippen LogP contribution in [0.15, 0.2) is 62.7 Å². The number of esters is 1. The summed E-state index contributed by atoms with van der Waals surface area (Å²) in [5, 5.41) is 0.117. The monoisotopic (exact) mass is 417 g/mol. The number of carbonyl (C=O) groups excluding carboxylic acids is 1. The topological polar surface area (TPSA) is 139 Å². The van der Waals surface area contributed by atoms with Gasteiger partial charge in [-0.05, 0) is 29.3 Å². The van der Waals surface area contributed by atoms with E-state index in [1.807, 2.05) is 0 Å². The van der Waals surface area contributed by atoms with Crippen LogP contribution in [0.2, 0.25) is 0 Å². The predicted molar refractivity (Wildman–Crippen MR) is 107 cm³/mol. The van der Waals surface area contributed by atoms with E-state index in [9.17, 15) is 9.59 Å². The van der Waals surface area contributed by atoms with Crippen molar-refractivity contribution in [1.82, 2.24) is 19.5 Å². The number of fused-ring (bicyclic) bond motifs is 3. The number of hydrogen-bond acceptors (Lipinski definition) is 9. The highest BCUT2D eigenvalue weighted by Gasteiger charge is 2.39. The molecular formula is C21H15N5O5. The quantitative estimate of drug-likeness (QED) is 0.459. The van der Waals surface area contributed by atoms with Crippen molar-refractivity contribution in [1.29, 1.82) is 0 Å². The van der Waals surface area contributed by atoms with Gasteiger partial charge in [-0.25, -0.2) is 14.2 Å². The van der Waals surface area contributed by atoms with E-state index in [0.717, 1.165) is 0 Å². The molecule has 4 aromatic heterocycles. The normalized spacial score (nSPS) is 15.5. The molecule has 0 aromatic carbocycles. The lowest BCUT2D eigenvalue weighted by molar-refractivity contribution is -0.134. The molecule has 0 saturated heterocycles. The minimum absolute atomic E-state index is 0.0236. The standard InChI is InChI=1S/C21H15N5O5/c1-29-20(28)15-14(12-5-3-7-24-10-12)16-18(31-21(22)25-16)26-13(19(27)30-17(15)26)8-11-4-2-6-23-9-11/h2-10,14H,1H3,(H2,22,25)/b13-8+/t14-/m0/s1. The second-order valence-corrected chi connectivity index (χ2v) is 6.71. The van der Waals surface area contributed by atoms with Gasteiger partial charge in [-0.1, -0.05) is 12.1 Å². The SMILES string of the molecule is COC(=O)C1=c2oc(=O)/c(=C\c3cccnc3)n2-c2oc(N)nc2[C@H]1c1cccnc1. The second kappa shape index (κ2) is 7.10. The van der Waals surface area contributed by atoms with E-state index in [1.165, 1.54) is 11.7 Å². The molecular weight excluding hydrogens is 402 g/mol. The maximum absolute atomic E-state index is 12.8. The van der Waals surface area contributed by atoms with Crippen LogP contribution in [-0.2, 0) is 9.53 Å². The number of anilines is 1. The average molecular weight is 417 g/mol. The number of aromatic nitrogens is 4. The van der Waals surface area contributed by atoms with E-state index in [0.29, 0.717) is 16.8 Å². The molecule has 10 nitrogen and oxygen atoms in total. The zero-order valence-electron chi connectivity index (χ0n) is 16.2. The Morgan fingerprint density at radius 2 is 1.97 bits per heavy atom. The molecule has 0 aliphatic carbocycles. The van der Waals surface area contributed by atoms with Crippen molar-refractivity contribution in [3.63, 3.8) is 0 Å². The van der Waals surface area contributed by atoms with Crippen LogP contribution in [0.1, 0.15) is 22.7 Å². The largest absolute Gasteiger partial charge is 0.465 e. The van der Waals surface area contributed by atoms with Crippen LogP contribution in [0.25, 0.3) is 17.5 Å². The Balaban J connectivity index is 1.93. The van der Waals surface area contributed by atoms with Crippen LogP contribution in [0.3, 0.4) is 0 Å². The van der Waals surface area contributed by atoms with Gasteiger partial charge in [0, 0.05) is 24.8 Å². The Hall–Kier alpha value is -4.47. The number of methoxy groups -OCH3 is 1. The summed E-state index contributed by atoms with van der Waals surface area (Å²) in [6.45, 7) is 0. The molecule has 0 unspecified atom stereocenters. The van der Waals surface area contributed by atoms with Gasteiger partial charge in [0.15, 0.2) is 0 Å². The molecule has 1 aliphatic rings. The number of nitrogens with two attached hydrogens (primary N) is 1. The Labute approximate surface area is 173 Å². The van der Waals surface area contributed by atoms with Gasteiger partial charge in [-0.15, -0.1) is 0 Å². The van der Waals surface area contributed by atoms with Crippen molar-refractivity contribution >= 4 is 23.6 Å². The summed E-state index contributed by atoms with van der Waals surface area (Å²) in [5.74, 6) is -1.26. The first-order valence-electron chi connectivity index (χ1n) is 9.21. The van der Waals surface area contributed by atoms with Crippen LogP contribution in [0.4, 0.5) is 6.01 Å². The van der Waals surface area contributed by atoms with Crippen molar-refractivity contribution in [3.8, 4) is 5.88 Å². The zero-order valence-corrected chi connectivity index (χ0v) is 16.2. The van der Waals surface area contributed by atoms with Crippen molar-refractivity contribution in [2.75, 3.05) is 12.8 Å². The Kier molecular flexibility index (Phi) is 4.25. The summed E-state index contributed by atoms with van der Waals surface area (Å²) in [6, 6.07) is 6.88. The molecule has 2 N–H and O–H groups in total. The first kappa shape index (κ1) is 18.6. The van der Waals surface area contributed by atoms with Crippen molar-refractivity contribution in [2.45, 2.75) is 5.92 Å². The third-order valence-electron chi connectivity index (χ3n) is 4.90. The van der Waals surface area contributed by atoms with Gasteiger partial charge in [-0.3, -0.25) is 9.97 Å². The van der Waals surface area contributed by atoms with Crippen molar-refractivity contribution < 1.29 is 18.4 Å². The fourth-order valence-corrected chi connectivity index (χ4v) is 3.64. The number of pyridine rings is 2. The molecule has 0 fully saturated rings. The van der Waals surface area contributed by atoms with Crippen LogP contribution in [0.5, 0.6) is 0 Å². The van der Waals surface area contributed by atoms with Gasteiger partial charge < -0.3 is 19.3 Å². The first-order valence-corrected chi connectivity index (χ1v) is 9.21. The van der Waals surface area contributed by atoms with E-state index < -0.39 is 17.5 Å². The highest BCUT2D eigenvalue weighted by molar-refractivity contribution is 6.12. The number of ether oxygens (including phenoxy) is 1. The first-order chi connectivity index (χ1) is 15.1. The molecule has 31 heavy (non-hydrogen) atoms. The van der Waals surface area contributed by atoms with Gasteiger partial charge in [0.2, 0.25) is 11.4 Å². The predicted octanol–water partition coefficient (Wildman–Crippen LogP) is 0.0887. The molecule has 0 spiro atoms. The Morgan fingerprint density at radius 1 is 1.19 bits per heavy atom. The van der Waals surface area contributed by atoms with Gasteiger partial charge in [0.05, 0.1) is 13.0 Å². The third kappa shape index (κ3) is 2.92. The summed E-state index contributed by atoms with van der Waals surface area (Å²) in [5.41, 5.74) is 6.86. The molecule has 5 rings (SSSR count). The lowest BCUT2D eigenvalue weighted by Crippen LogP contribution is -2.37. The lowest BCUT2D eigenvalue weighted by atomic mass is 9.88. The van der Waals surface area contributed by atoms with Crippen LogP contribution >= 0.6 is 0 Å². The fraction of sp³-hybridized carbons (Fsp3) is 0.0952. The number of rotatable bonds is 3. The molecule has 154 valence electrons. The number of nitrogen functional groups attached to an aromatic ring is 1. The van der Waals surface area contributed by atoms with Gasteiger partial charge >= 0.3 is 11.6 Å². The van der Waals surface area contributed by atoms with E-state index in [1.54, 1.807) is 55.1 Å². The maximum atomic E-state index is 12.8. The number of carbonyl (C=O) groups is 1. The molecule has 0 saturated carbocycles. The molecule has 10 heteroatoms. The summed E-state index contributed by atoms with van der Waals surface area (Å²) in [7, 11) is 1.25. The fourth-order valence-electron chi connectivity index (χ4n) is 3.64. The molecule has 5 heterocycles. The Bertz CT molecular complexity index is 1470. The average Bonchev–Trinajstić information content (AvgIpc) is 3.32. The second-order valence-electron chi connectivity index (χ2n) is 6.71. The number of hydrogen-bond donors (Lipinski definition) is 1. The third-order valence-corrected chi connectivity index (χ3v) is 4.90. The molecule has 0 amide bonds. The molecule has 1 atom stereocenters. The van der Waals surface area contributed by atoms with Crippen LogP contribution in [0, 0.1) is 0 Å². The minimum atomic E-state index is -0.756. The van der Waals surface area contributed by atoms with Gasteiger partial charge in [0.25, 0.3) is 6.01 Å². The summed E-state index contributed by atoms with van der Waals surface area (Å²) in [6.07, 6.45) is 7.96. The van der Waals surface area contributed by atoms with Gasteiger partial charge in [0.1, 0.15) is 16.6 Å². The smallest absolute Gasteiger partial charge is 0.362 e. The van der Waals surface area contributed by atoms with Crippen molar-refractivity contribution in [2.24, 2.45) is 0 Å². The minimum Gasteiger partial charge on any atom is -0.465 e. The van der Waals surface area contributed by atoms with E-state index in [2.05, 4.69) is 15.0 Å². The highest BCUT2D eigenvalue weighted by atomic mass is 16.5. The Morgan fingerprint density at radius 3 is 2.65 bits per heavy atom. The summed E-state index contributed by atoms with van der Waals surface area (Å²) in [4.78, 5) is 38.1. The van der Waals surface area contributed by atoms with Crippen LogP contribution in [-0.4, -0.2) is 32.6 Å². The summed E-state index contributed by atoms with van der Waals surface area (Å²) < 4.78 is 17.6. The van der Waals surface area contributed by atoms with E-state index >= 15 is 0 Å². The number of oxazole rings is 2.